The number of likely N-dealkylation sites (tertiary alicyclic amines) is 1. The molecule has 6 nitrogen and oxygen atoms in total. The lowest BCUT2D eigenvalue weighted by atomic mass is 9.95. The van der Waals surface area contributed by atoms with E-state index in [9.17, 15) is 0 Å². The molecule has 1 aliphatic rings. The van der Waals surface area contributed by atoms with E-state index in [1.54, 1.807) is 0 Å². The first kappa shape index (κ1) is 17.0. The third kappa shape index (κ3) is 3.34. The van der Waals surface area contributed by atoms with E-state index in [1.165, 1.54) is 18.4 Å². The Balaban J connectivity index is 2.02. The van der Waals surface area contributed by atoms with Gasteiger partial charge in [-0.2, -0.15) is 0 Å². The van der Waals surface area contributed by atoms with Crippen molar-refractivity contribution in [1.29, 1.82) is 0 Å². The summed E-state index contributed by atoms with van der Waals surface area (Å²) in [6, 6.07) is 4.25. The first-order valence-electron chi connectivity index (χ1n) is 8.95. The number of pyridine rings is 1. The highest BCUT2D eigenvalue weighted by Crippen LogP contribution is 2.33. The minimum atomic E-state index is -0.104. The maximum absolute atomic E-state index is 4.44. The molecule has 1 saturated heterocycles. The lowest BCUT2D eigenvalue weighted by molar-refractivity contribution is 0.143. The van der Waals surface area contributed by atoms with Gasteiger partial charge in [-0.25, -0.2) is 4.68 Å². The summed E-state index contributed by atoms with van der Waals surface area (Å²) in [5.74, 6) is 1.73. The zero-order valence-electron chi connectivity index (χ0n) is 15.2. The molecule has 1 aliphatic heterocycles. The Morgan fingerprint density at radius 2 is 1.88 bits per heavy atom. The predicted octanol–water partition coefficient (Wildman–Crippen LogP) is 3.03. The lowest BCUT2D eigenvalue weighted by Crippen LogP contribution is -2.40. The highest BCUT2D eigenvalue weighted by atomic mass is 15.6. The molecule has 1 atom stereocenters. The van der Waals surface area contributed by atoms with Crippen LogP contribution in [-0.2, 0) is 5.54 Å². The first-order chi connectivity index (χ1) is 11.5. The molecular weight excluding hydrogens is 300 g/mol. The van der Waals surface area contributed by atoms with Gasteiger partial charge < -0.3 is 0 Å². The maximum atomic E-state index is 4.44. The zero-order valence-corrected chi connectivity index (χ0v) is 15.2. The summed E-state index contributed by atoms with van der Waals surface area (Å²) in [7, 11) is 0. The molecule has 0 aliphatic carbocycles. The summed E-state index contributed by atoms with van der Waals surface area (Å²) in [5, 5.41) is 12.8. The van der Waals surface area contributed by atoms with Crippen molar-refractivity contribution in [2.75, 3.05) is 13.1 Å². The van der Waals surface area contributed by atoms with Crippen LogP contribution in [0.15, 0.2) is 24.5 Å². The van der Waals surface area contributed by atoms with Gasteiger partial charge in [0.05, 0.1) is 11.6 Å². The largest absolute Gasteiger partial charge is 0.290 e. The quantitative estimate of drug-likeness (QED) is 0.844. The van der Waals surface area contributed by atoms with Crippen LogP contribution in [0, 0.1) is 5.92 Å². The number of aromatic nitrogens is 5. The Hall–Kier alpha value is -1.82. The second-order valence-electron chi connectivity index (χ2n) is 7.52. The van der Waals surface area contributed by atoms with E-state index in [4.69, 9.17) is 0 Å². The third-order valence-corrected chi connectivity index (χ3v) is 5.38. The first-order valence-corrected chi connectivity index (χ1v) is 8.95. The number of rotatable bonds is 5. The molecule has 1 fully saturated rings. The van der Waals surface area contributed by atoms with Crippen LogP contribution in [0.4, 0.5) is 0 Å². The number of piperidine rings is 1. The van der Waals surface area contributed by atoms with E-state index in [1.807, 2.05) is 17.1 Å². The van der Waals surface area contributed by atoms with Gasteiger partial charge in [0.15, 0.2) is 5.82 Å². The van der Waals surface area contributed by atoms with E-state index in [0.29, 0.717) is 0 Å². The molecule has 0 spiro atoms. The third-order valence-electron chi connectivity index (χ3n) is 5.38. The fourth-order valence-electron chi connectivity index (χ4n) is 3.30. The summed E-state index contributed by atoms with van der Waals surface area (Å²) in [4.78, 5) is 6.69. The molecule has 0 amide bonds. The molecule has 0 radical (unpaired) electrons. The average molecular weight is 328 g/mol. The molecule has 2 aromatic heterocycles. The van der Waals surface area contributed by atoms with E-state index in [2.05, 4.69) is 65.2 Å². The van der Waals surface area contributed by atoms with Crippen molar-refractivity contribution in [3.8, 4) is 0 Å². The fraction of sp³-hybridized carbons (Fsp3) is 0.667. The van der Waals surface area contributed by atoms with Crippen molar-refractivity contribution in [3.63, 3.8) is 0 Å². The molecular formula is C18H28N6. The molecule has 24 heavy (non-hydrogen) atoms. The van der Waals surface area contributed by atoms with Crippen molar-refractivity contribution in [2.24, 2.45) is 5.92 Å². The van der Waals surface area contributed by atoms with E-state index in [-0.39, 0.29) is 11.6 Å². The van der Waals surface area contributed by atoms with Crippen LogP contribution in [0.1, 0.15) is 64.4 Å². The highest BCUT2D eigenvalue weighted by molar-refractivity contribution is 5.23. The number of nitrogens with zero attached hydrogens (tertiary/aromatic N) is 6. The Labute approximate surface area is 144 Å². The molecule has 3 heterocycles. The van der Waals surface area contributed by atoms with E-state index >= 15 is 0 Å². The van der Waals surface area contributed by atoms with Crippen LogP contribution < -0.4 is 0 Å². The van der Waals surface area contributed by atoms with Crippen LogP contribution in [0.3, 0.4) is 0 Å². The van der Waals surface area contributed by atoms with Crippen LogP contribution in [0.5, 0.6) is 0 Å². The van der Waals surface area contributed by atoms with Crippen molar-refractivity contribution in [1.82, 2.24) is 30.1 Å². The fourth-order valence-corrected chi connectivity index (χ4v) is 3.30. The molecule has 6 heteroatoms. The molecule has 0 bridgehead atoms. The van der Waals surface area contributed by atoms with Gasteiger partial charge in [0, 0.05) is 12.4 Å². The van der Waals surface area contributed by atoms with Crippen LogP contribution >= 0.6 is 0 Å². The van der Waals surface area contributed by atoms with Gasteiger partial charge in [-0.05, 0) is 80.2 Å². The van der Waals surface area contributed by atoms with Gasteiger partial charge >= 0.3 is 0 Å². The zero-order chi connectivity index (χ0) is 17.2. The molecule has 2 aromatic rings. The lowest BCUT2D eigenvalue weighted by Gasteiger charge is -2.37. The average Bonchev–Trinajstić information content (AvgIpc) is 3.08. The highest BCUT2D eigenvalue weighted by Gasteiger charge is 2.33. The second-order valence-corrected chi connectivity index (χ2v) is 7.52. The van der Waals surface area contributed by atoms with Crippen LogP contribution in [0.2, 0.25) is 0 Å². The van der Waals surface area contributed by atoms with Crippen LogP contribution in [-0.4, -0.2) is 43.2 Å². The predicted molar refractivity (Wildman–Crippen MR) is 93.5 cm³/mol. The number of tetrazole rings is 1. The molecule has 0 aromatic carbocycles. The normalized spacial score (nSPS) is 18.7. The van der Waals surface area contributed by atoms with E-state index < -0.39 is 0 Å². The summed E-state index contributed by atoms with van der Waals surface area (Å²) in [6.45, 7) is 11.0. The number of hydrogen-bond donors (Lipinski definition) is 0. The topological polar surface area (TPSA) is 59.7 Å². The van der Waals surface area contributed by atoms with Crippen LogP contribution in [0.25, 0.3) is 0 Å². The summed E-state index contributed by atoms with van der Waals surface area (Å²) in [5.41, 5.74) is 1.11. The Bertz CT molecular complexity index is 643. The molecule has 3 rings (SSSR count). The van der Waals surface area contributed by atoms with Gasteiger partial charge in [0.2, 0.25) is 0 Å². The second kappa shape index (κ2) is 6.97. The van der Waals surface area contributed by atoms with Crippen molar-refractivity contribution in [2.45, 2.75) is 58.5 Å². The SMILES string of the molecule is CCC(C)(C)n1nnnc1C(c1ccncc1)N1CCC(C)CC1. The van der Waals surface area contributed by atoms with Crippen molar-refractivity contribution >= 4 is 0 Å². The number of hydrogen-bond acceptors (Lipinski definition) is 5. The molecule has 130 valence electrons. The minimum absolute atomic E-state index is 0.0846. The smallest absolute Gasteiger partial charge is 0.173 e. The summed E-state index contributed by atoms with van der Waals surface area (Å²) < 4.78 is 2.01. The monoisotopic (exact) mass is 328 g/mol. The van der Waals surface area contributed by atoms with E-state index in [0.717, 1.165) is 31.3 Å². The Morgan fingerprint density at radius 1 is 1.21 bits per heavy atom. The molecule has 0 N–H and O–H groups in total. The summed E-state index contributed by atoms with van der Waals surface area (Å²) >= 11 is 0. The van der Waals surface area contributed by atoms with Crippen molar-refractivity contribution in [3.05, 3.63) is 35.9 Å². The van der Waals surface area contributed by atoms with Gasteiger partial charge in [-0.15, -0.1) is 5.10 Å². The Morgan fingerprint density at radius 3 is 2.50 bits per heavy atom. The molecule has 1 unspecified atom stereocenters. The summed E-state index contributed by atoms with van der Waals surface area (Å²) in [6.07, 6.45) is 7.13. The standard InChI is InChI=1S/C18H28N6/c1-5-18(3,4)24-17(20-21-22-24)16(15-6-10-19-11-7-15)23-12-8-14(2)9-13-23/h6-7,10-11,14,16H,5,8-9,12-13H2,1-4H3. The Kier molecular flexibility index (Phi) is 4.94. The van der Waals surface area contributed by atoms with Gasteiger partial charge in [0.25, 0.3) is 0 Å². The van der Waals surface area contributed by atoms with Gasteiger partial charge in [-0.3, -0.25) is 9.88 Å². The van der Waals surface area contributed by atoms with Gasteiger partial charge in [-0.1, -0.05) is 13.8 Å². The molecule has 0 saturated carbocycles. The maximum Gasteiger partial charge on any atom is 0.173 e. The van der Waals surface area contributed by atoms with Crippen molar-refractivity contribution < 1.29 is 0 Å². The van der Waals surface area contributed by atoms with Gasteiger partial charge in [0.1, 0.15) is 0 Å². The minimum Gasteiger partial charge on any atom is -0.290 e.